The minimum atomic E-state index is 0.0385. The lowest BCUT2D eigenvalue weighted by atomic mass is 10.2. The smallest absolute Gasteiger partial charge is 0.237 e. The van der Waals surface area contributed by atoms with E-state index in [1.54, 1.807) is 18.2 Å². The number of nitrogens with one attached hydrogen (secondary N) is 1. The maximum atomic E-state index is 12.6. The standard InChI is InChI=1S/C18H15BrN4O2S/c19-12-5-6-15(24)13(9-12)17-20-18(22-21-17)26-10-16(25)23-8-7-11-3-1-2-4-14(11)23/h1-6,9,24H,7-8,10H2,(H,20,21,22). The zero-order chi connectivity index (χ0) is 18.1. The molecule has 6 nitrogen and oxygen atoms in total. The molecule has 8 heteroatoms. The monoisotopic (exact) mass is 430 g/mol. The summed E-state index contributed by atoms with van der Waals surface area (Å²) in [6.45, 7) is 0.712. The summed E-state index contributed by atoms with van der Waals surface area (Å²) in [6, 6.07) is 13.1. The normalized spacial score (nSPS) is 13.0. The van der Waals surface area contributed by atoms with Crippen LogP contribution < -0.4 is 4.90 Å². The number of carbonyl (C=O) groups excluding carboxylic acids is 1. The highest BCUT2D eigenvalue weighted by Crippen LogP contribution is 2.31. The number of aromatic hydroxyl groups is 1. The van der Waals surface area contributed by atoms with Gasteiger partial charge in [0.1, 0.15) is 5.75 Å². The van der Waals surface area contributed by atoms with Crippen molar-refractivity contribution in [2.45, 2.75) is 11.6 Å². The van der Waals surface area contributed by atoms with Crippen LogP contribution in [0.4, 0.5) is 5.69 Å². The Morgan fingerprint density at radius 2 is 2.15 bits per heavy atom. The molecule has 1 aliphatic heterocycles. The maximum absolute atomic E-state index is 12.6. The first-order valence-electron chi connectivity index (χ1n) is 8.04. The third kappa shape index (κ3) is 3.34. The van der Waals surface area contributed by atoms with Gasteiger partial charge in [-0.25, -0.2) is 4.98 Å². The van der Waals surface area contributed by atoms with Crippen molar-refractivity contribution in [3.63, 3.8) is 0 Å². The number of anilines is 1. The Hall–Kier alpha value is -2.32. The molecular weight excluding hydrogens is 416 g/mol. The van der Waals surface area contributed by atoms with Gasteiger partial charge in [-0.15, -0.1) is 5.10 Å². The van der Waals surface area contributed by atoms with E-state index in [-0.39, 0.29) is 17.4 Å². The predicted molar refractivity (Wildman–Crippen MR) is 104 cm³/mol. The Morgan fingerprint density at radius 1 is 1.31 bits per heavy atom. The molecule has 0 bridgehead atoms. The second-order valence-electron chi connectivity index (χ2n) is 5.84. The SMILES string of the molecule is O=C(CSc1n[nH]c(-c2cc(Br)ccc2O)n1)N1CCc2ccccc21. The highest BCUT2D eigenvalue weighted by Gasteiger charge is 2.24. The van der Waals surface area contributed by atoms with Gasteiger partial charge < -0.3 is 10.0 Å². The number of H-pyrrole nitrogens is 1. The third-order valence-electron chi connectivity index (χ3n) is 4.19. The van der Waals surface area contributed by atoms with Gasteiger partial charge in [-0.2, -0.15) is 0 Å². The predicted octanol–water partition coefficient (Wildman–Crippen LogP) is 3.62. The van der Waals surface area contributed by atoms with Gasteiger partial charge in [-0.1, -0.05) is 45.9 Å². The first kappa shape index (κ1) is 17.1. The van der Waals surface area contributed by atoms with Crippen LogP contribution in [0.1, 0.15) is 5.56 Å². The Kier molecular flexibility index (Phi) is 4.69. The number of phenolic OH excluding ortho intramolecular Hbond substituents is 1. The molecule has 132 valence electrons. The van der Waals surface area contributed by atoms with E-state index in [0.29, 0.717) is 23.1 Å². The number of halogens is 1. The lowest BCUT2D eigenvalue weighted by molar-refractivity contribution is -0.116. The largest absolute Gasteiger partial charge is 0.507 e. The van der Waals surface area contributed by atoms with Crippen LogP contribution in [0.2, 0.25) is 0 Å². The summed E-state index contributed by atoms with van der Waals surface area (Å²) in [5, 5.41) is 17.4. The number of benzene rings is 2. The number of hydrogen-bond acceptors (Lipinski definition) is 5. The van der Waals surface area contributed by atoms with Gasteiger partial charge in [0, 0.05) is 16.7 Å². The van der Waals surface area contributed by atoms with E-state index in [2.05, 4.69) is 37.2 Å². The topological polar surface area (TPSA) is 82.1 Å². The quantitative estimate of drug-likeness (QED) is 0.617. The Morgan fingerprint density at radius 3 is 3.04 bits per heavy atom. The fourth-order valence-electron chi connectivity index (χ4n) is 2.93. The van der Waals surface area contributed by atoms with Gasteiger partial charge in [0.25, 0.3) is 0 Å². The number of fused-ring (bicyclic) bond motifs is 1. The molecular formula is C18H15BrN4O2S. The van der Waals surface area contributed by atoms with Crippen LogP contribution >= 0.6 is 27.7 Å². The van der Waals surface area contributed by atoms with Crippen molar-refractivity contribution in [3.05, 3.63) is 52.5 Å². The molecule has 2 heterocycles. The molecule has 26 heavy (non-hydrogen) atoms. The average Bonchev–Trinajstić information content (AvgIpc) is 3.28. The van der Waals surface area contributed by atoms with Gasteiger partial charge in [0.05, 0.1) is 11.3 Å². The molecule has 1 aromatic heterocycles. The summed E-state index contributed by atoms with van der Waals surface area (Å²) in [6.07, 6.45) is 0.888. The van der Waals surface area contributed by atoms with Gasteiger partial charge >= 0.3 is 0 Å². The zero-order valence-corrected chi connectivity index (χ0v) is 16.0. The van der Waals surface area contributed by atoms with E-state index in [1.165, 1.54) is 17.3 Å². The van der Waals surface area contributed by atoms with Crippen LogP contribution in [-0.2, 0) is 11.2 Å². The highest BCUT2D eigenvalue weighted by atomic mass is 79.9. The number of amides is 1. The number of phenols is 1. The minimum absolute atomic E-state index is 0.0385. The Balaban J connectivity index is 1.44. The van der Waals surface area contributed by atoms with Crippen molar-refractivity contribution in [1.82, 2.24) is 15.2 Å². The molecule has 1 aliphatic rings. The van der Waals surface area contributed by atoms with Gasteiger partial charge in [-0.3, -0.25) is 9.89 Å². The maximum Gasteiger partial charge on any atom is 0.237 e. The molecule has 1 amide bonds. The molecule has 0 unspecified atom stereocenters. The van der Waals surface area contributed by atoms with Gasteiger partial charge in [-0.05, 0) is 36.2 Å². The second-order valence-corrected chi connectivity index (χ2v) is 7.70. The van der Waals surface area contributed by atoms with E-state index in [9.17, 15) is 9.90 Å². The van der Waals surface area contributed by atoms with Crippen molar-refractivity contribution in [2.75, 3.05) is 17.2 Å². The number of nitrogens with zero attached hydrogens (tertiary/aromatic N) is 3. The van der Waals surface area contributed by atoms with Crippen LogP contribution in [0, 0.1) is 0 Å². The van der Waals surface area contributed by atoms with Crippen LogP contribution in [-0.4, -0.2) is 38.5 Å². The van der Waals surface area contributed by atoms with Crippen molar-refractivity contribution in [1.29, 1.82) is 0 Å². The molecule has 2 aromatic carbocycles. The summed E-state index contributed by atoms with van der Waals surface area (Å²) in [5.74, 6) is 0.878. The number of hydrogen-bond donors (Lipinski definition) is 2. The summed E-state index contributed by atoms with van der Waals surface area (Å²) < 4.78 is 0.832. The van der Waals surface area contributed by atoms with E-state index >= 15 is 0 Å². The third-order valence-corrected chi connectivity index (χ3v) is 5.52. The summed E-state index contributed by atoms with van der Waals surface area (Å²) in [7, 11) is 0. The zero-order valence-electron chi connectivity index (χ0n) is 13.6. The van der Waals surface area contributed by atoms with Crippen LogP contribution in [0.25, 0.3) is 11.4 Å². The van der Waals surface area contributed by atoms with E-state index < -0.39 is 0 Å². The van der Waals surface area contributed by atoms with E-state index in [1.807, 2.05) is 23.1 Å². The van der Waals surface area contributed by atoms with Crippen molar-refractivity contribution in [3.8, 4) is 17.1 Å². The second kappa shape index (κ2) is 7.13. The number of aromatic amines is 1. The lowest BCUT2D eigenvalue weighted by Gasteiger charge is -2.16. The van der Waals surface area contributed by atoms with Crippen molar-refractivity contribution >= 4 is 39.3 Å². The van der Waals surface area contributed by atoms with Crippen LogP contribution in [0.5, 0.6) is 5.75 Å². The number of aromatic nitrogens is 3. The first-order valence-corrected chi connectivity index (χ1v) is 9.82. The van der Waals surface area contributed by atoms with Crippen molar-refractivity contribution in [2.24, 2.45) is 0 Å². The fourth-order valence-corrected chi connectivity index (χ4v) is 3.97. The molecule has 0 radical (unpaired) electrons. The number of carbonyl (C=O) groups is 1. The molecule has 0 aliphatic carbocycles. The number of thioether (sulfide) groups is 1. The van der Waals surface area contributed by atoms with Crippen LogP contribution in [0.15, 0.2) is 52.1 Å². The number of rotatable bonds is 4. The van der Waals surface area contributed by atoms with Gasteiger partial charge in [0.15, 0.2) is 5.82 Å². The Labute approximate surface area is 162 Å². The van der Waals surface area contributed by atoms with Crippen LogP contribution in [0.3, 0.4) is 0 Å². The lowest BCUT2D eigenvalue weighted by Crippen LogP contribution is -2.30. The fraction of sp³-hybridized carbons (Fsp3) is 0.167. The first-order chi connectivity index (χ1) is 12.6. The highest BCUT2D eigenvalue weighted by molar-refractivity contribution is 9.10. The molecule has 0 saturated heterocycles. The molecule has 2 N–H and O–H groups in total. The average molecular weight is 431 g/mol. The molecule has 0 saturated carbocycles. The summed E-state index contributed by atoms with van der Waals surface area (Å²) >= 11 is 4.65. The van der Waals surface area contributed by atoms with Gasteiger partial charge in [0.2, 0.25) is 11.1 Å². The summed E-state index contributed by atoms with van der Waals surface area (Å²) in [5.41, 5.74) is 2.75. The molecule has 4 rings (SSSR count). The number of para-hydroxylation sites is 1. The molecule has 0 spiro atoms. The Bertz CT molecular complexity index is 975. The van der Waals surface area contributed by atoms with Crippen molar-refractivity contribution < 1.29 is 9.90 Å². The molecule has 0 atom stereocenters. The molecule has 0 fully saturated rings. The summed E-state index contributed by atoms with van der Waals surface area (Å²) in [4.78, 5) is 18.7. The minimum Gasteiger partial charge on any atom is -0.507 e. The van der Waals surface area contributed by atoms with E-state index in [0.717, 1.165) is 16.6 Å². The molecule has 3 aromatic rings. The van der Waals surface area contributed by atoms with E-state index in [4.69, 9.17) is 0 Å².